The Hall–Kier alpha value is -0.840. The van der Waals surface area contributed by atoms with E-state index in [9.17, 15) is 0 Å². The molecule has 1 aliphatic heterocycles. The summed E-state index contributed by atoms with van der Waals surface area (Å²) in [5, 5.41) is 2.27. The summed E-state index contributed by atoms with van der Waals surface area (Å²) >= 11 is 0. The maximum Gasteiger partial charge on any atom is 0.121 e. The third kappa shape index (κ3) is 2.81. The highest BCUT2D eigenvalue weighted by molar-refractivity contribution is 5.13. The molecule has 0 unspecified atom stereocenters. The monoisotopic (exact) mass is 209 g/mol. The Bertz CT molecular complexity index is 303. The summed E-state index contributed by atoms with van der Waals surface area (Å²) in [4.78, 5) is 2.34. The van der Waals surface area contributed by atoms with Crippen LogP contribution in [0.15, 0.2) is 16.7 Å². The first-order chi connectivity index (χ1) is 7.25. The van der Waals surface area contributed by atoms with E-state index in [4.69, 9.17) is 4.42 Å². The molecule has 0 aromatic carbocycles. The molecule has 1 N–H and O–H groups in total. The van der Waals surface area contributed by atoms with Crippen LogP contribution in [-0.4, -0.2) is 43.1 Å². The van der Waals surface area contributed by atoms with E-state index in [0.717, 1.165) is 38.5 Å². The van der Waals surface area contributed by atoms with Crippen LogP contribution in [0.5, 0.6) is 0 Å². The Balaban J connectivity index is 1.77. The van der Waals surface area contributed by atoms with E-state index in [1.807, 2.05) is 6.07 Å². The second-order valence-electron chi connectivity index (χ2n) is 4.15. The summed E-state index contributed by atoms with van der Waals surface area (Å²) in [7, 11) is 2.16. The first-order valence-corrected chi connectivity index (χ1v) is 5.45. The number of hydrogen-bond acceptors (Lipinski definition) is 4. The van der Waals surface area contributed by atoms with Crippen molar-refractivity contribution in [2.75, 3.05) is 33.2 Å². The standard InChI is InChI=1S/C11H19N3O/c1-10-3-8-15-11(10)9-12-14-6-4-13(2)5-7-14/h3,8,12H,4-7,9H2,1-2H3. The number of aryl methyl sites for hydroxylation is 1. The normalized spacial score (nSPS) is 19.6. The number of rotatable bonds is 3. The molecule has 1 fully saturated rings. The van der Waals surface area contributed by atoms with Crippen LogP contribution < -0.4 is 5.43 Å². The minimum Gasteiger partial charge on any atom is -0.468 e. The molecule has 1 aromatic rings. The number of likely N-dealkylation sites (N-methyl/N-ethyl adjacent to an activating group) is 1. The van der Waals surface area contributed by atoms with Gasteiger partial charge in [0.1, 0.15) is 5.76 Å². The van der Waals surface area contributed by atoms with Gasteiger partial charge >= 0.3 is 0 Å². The molecule has 0 amide bonds. The summed E-state index contributed by atoms with van der Waals surface area (Å²) in [6.07, 6.45) is 1.75. The molecule has 2 rings (SSSR count). The van der Waals surface area contributed by atoms with Gasteiger partial charge in [0.25, 0.3) is 0 Å². The Morgan fingerprint density at radius 3 is 2.67 bits per heavy atom. The van der Waals surface area contributed by atoms with Crippen molar-refractivity contribution in [1.82, 2.24) is 15.3 Å². The second-order valence-corrected chi connectivity index (χ2v) is 4.15. The summed E-state index contributed by atoms with van der Waals surface area (Å²) in [5.41, 5.74) is 4.62. The van der Waals surface area contributed by atoms with Crippen LogP contribution in [0.25, 0.3) is 0 Å². The summed E-state index contributed by atoms with van der Waals surface area (Å²) in [6.45, 7) is 7.29. The van der Waals surface area contributed by atoms with Gasteiger partial charge in [-0.2, -0.15) is 0 Å². The van der Waals surface area contributed by atoms with Crippen LogP contribution in [0.3, 0.4) is 0 Å². The molecule has 0 radical (unpaired) electrons. The highest BCUT2D eigenvalue weighted by atomic mass is 16.3. The summed E-state index contributed by atoms with van der Waals surface area (Å²) in [5.74, 6) is 1.04. The molecule has 84 valence electrons. The molecular formula is C11H19N3O. The molecule has 2 heterocycles. The van der Waals surface area contributed by atoms with Gasteiger partial charge in [-0.3, -0.25) is 0 Å². The first kappa shape index (κ1) is 10.7. The van der Waals surface area contributed by atoms with E-state index in [2.05, 4.69) is 29.3 Å². The average Bonchev–Trinajstić information content (AvgIpc) is 2.63. The maximum absolute atomic E-state index is 5.38. The van der Waals surface area contributed by atoms with E-state index in [-0.39, 0.29) is 0 Å². The van der Waals surface area contributed by atoms with E-state index in [1.165, 1.54) is 5.56 Å². The lowest BCUT2D eigenvalue weighted by Gasteiger charge is -2.32. The lowest BCUT2D eigenvalue weighted by Crippen LogP contribution is -2.50. The third-order valence-corrected chi connectivity index (χ3v) is 2.93. The topological polar surface area (TPSA) is 31.7 Å². The molecule has 0 bridgehead atoms. The van der Waals surface area contributed by atoms with Crippen molar-refractivity contribution >= 4 is 0 Å². The maximum atomic E-state index is 5.38. The zero-order valence-corrected chi connectivity index (χ0v) is 9.49. The van der Waals surface area contributed by atoms with Gasteiger partial charge in [0, 0.05) is 26.2 Å². The van der Waals surface area contributed by atoms with Crippen LogP contribution in [-0.2, 0) is 6.54 Å². The molecular weight excluding hydrogens is 190 g/mol. The molecule has 4 nitrogen and oxygen atoms in total. The predicted octanol–water partition coefficient (Wildman–Crippen LogP) is 0.840. The second kappa shape index (κ2) is 4.79. The van der Waals surface area contributed by atoms with Gasteiger partial charge in [-0.25, -0.2) is 10.4 Å². The van der Waals surface area contributed by atoms with Crippen molar-refractivity contribution in [3.05, 3.63) is 23.7 Å². The number of furan rings is 1. The number of piperazine rings is 1. The van der Waals surface area contributed by atoms with Gasteiger partial charge < -0.3 is 9.32 Å². The minimum atomic E-state index is 0.794. The summed E-state index contributed by atoms with van der Waals surface area (Å²) < 4.78 is 5.38. The molecule has 1 aliphatic rings. The fourth-order valence-corrected chi connectivity index (χ4v) is 1.73. The number of hydrogen-bond donors (Lipinski definition) is 1. The molecule has 0 atom stereocenters. The van der Waals surface area contributed by atoms with Gasteiger partial charge in [-0.1, -0.05) is 0 Å². The van der Waals surface area contributed by atoms with Crippen molar-refractivity contribution in [3.8, 4) is 0 Å². The van der Waals surface area contributed by atoms with Gasteiger partial charge in [0.15, 0.2) is 0 Å². The van der Waals surface area contributed by atoms with Gasteiger partial charge in [0.05, 0.1) is 12.8 Å². The Morgan fingerprint density at radius 1 is 1.33 bits per heavy atom. The van der Waals surface area contributed by atoms with Crippen LogP contribution in [0.2, 0.25) is 0 Å². The van der Waals surface area contributed by atoms with E-state index in [0.29, 0.717) is 0 Å². The van der Waals surface area contributed by atoms with Crippen molar-refractivity contribution < 1.29 is 4.42 Å². The van der Waals surface area contributed by atoms with Crippen molar-refractivity contribution in [1.29, 1.82) is 0 Å². The van der Waals surface area contributed by atoms with Crippen molar-refractivity contribution in [3.63, 3.8) is 0 Å². The smallest absolute Gasteiger partial charge is 0.121 e. The zero-order valence-electron chi connectivity index (χ0n) is 9.49. The zero-order chi connectivity index (χ0) is 10.7. The largest absolute Gasteiger partial charge is 0.468 e. The quantitative estimate of drug-likeness (QED) is 0.799. The van der Waals surface area contributed by atoms with Crippen molar-refractivity contribution in [2.45, 2.75) is 13.5 Å². The van der Waals surface area contributed by atoms with Crippen LogP contribution in [0.1, 0.15) is 11.3 Å². The average molecular weight is 209 g/mol. The Morgan fingerprint density at radius 2 is 2.07 bits per heavy atom. The van der Waals surface area contributed by atoms with Crippen LogP contribution in [0, 0.1) is 6.92 Å². The van der Waals surface area contributed by atoms with Crippen LogP contribution >= 0.6 is 0 Å². The fourth-order valence-electron chi connectivity index (χ4n) is 1.73. The predicted molar refractivity (Wildman–Crippen MR) is 59.4 cm³/mol. The molecule has 0 spiro atoms. The van der Waals surface area contributed by atoms with Crippen LogP contribution in [0.4, 0.5) is 0 Å². The van der Waals surface area contributed by atoms with Crippen molar-refractivity contribution in [2.24, 2.45) is 0 Å². The van der Waals surface area contributed by atoms with Gasteiger partial charge in [0.2, 0.25) is 0 Å². The molecule has 4 heteroatoms. The molecule has 0 saturated carbocycles. The lowest BCUT2D eigenvalue weighted by atomic mass is 10.3. The highest BCUT2D eigenvalue weighted by Crippen LogP contribution is 2.08. The molecule has 1 saturated heterocycles. The molecule has 15 heavy (non-hydrogen) atoms. The lowest BCUT2D eigenvalue weighted by molar-refractivity contribution is 0.0990. The summed E-state index contributed by atoms with van der Waals surface area (Å²) in [6, 6.07) is 2.00. The number of nitrogens with zero attached hydrogens (tertiary/aromatic N) is 2. The Kier molecular flexibility index (Phi) is 3.41. The molecule has 1 aromatic heterocycles. The SMILES string of the molecule is Cc1ccoc1CNN1CCN(C)CC1. The molecule has 0 aliphatic carbocycles. The minimum absolute atomic E-state index is 0.794. The number of nitrogens with one attached hydrogen (secondary N) is 1. The third-order valence-electron chi connectivity index (χ3n) is 2.93. The fraction of sp³-hybridized carbons (Fsp3) is 0.636. The van der Waals surface area contributed by atoms with E-state index >= 15 is 0 Å². The highest BCUT2D eigenvalue weighted by Gasteiger charge is 2.13. The number of hydrazine groups is 1. The van der Waals surface area contributed by atoms with E-state index < -0.39 is 0 Å². The first-order valence-electron chi connectivity index (χ1n) is 5.45. The Labute approximate surface area is 90.8 Å². The van der Waals surface area contributed by atoms with Gasteiger partial charge in [-0.05, 0) is 25.6 Å². The van der Waals surface area contributed by atoms with E-state index in [1.54, 1.807) is 6.26 Å². The van der Waals surface area contributed by atoms with Gasteiger partial charge in [-0.15, -0.1) is 0 Å².